The quantitative estimate of drug-likeness (QED) is 0.797. The van der Waals surface area contributed by atoms with Gasteiger partial charge >= 0.3 is 0 Å². The molecule has 4 rings (SSSR count). The second-order valence-electron chi connectivity index (χ2n) is 6.28. The van der Waals surface area contributed by atoms with E-state index in [9.17, 15) is 0 Å². The van der Waals surface area contributed by atoms with Crippen molar-refractivity contribution in [3.05, 3.63) is 58.7 Å². The predicted octanol–water partition coefficient (Wildman–Crippen LogP) is 4.69. The van der Waals surface area contributed by atoms with Crippen molar-refractivity contribution in [3.63, 3.8) is 0 Å². The van der Waals surface area contributed by atoms with Crippen LogP contribution in [0.3, 0.4) is 0 Å². The maximum absolute atomic E-state index is 6.35. The predicted molar refractivity (Wildman–Crippen MR) is 97.3 cm³/mol. The highest BCUT2D eigenvalue weighted by molar-refractivity contribution is 5.72. The molecule has 0 fully saturated rings. The number of ether oxygens (including phenoxy) is 4. The molecule has 2 heterocycles. The lowest BCUT2D eigenvalue weighted by Gasteiger charge is -2.41. The molecule has 25 heavy (non-hydrogen) atoms. The second-order valence-corrected chi connectivity index (χ2v) is 6.28. The van der Waals surface area contributed by atoms with Crippen LogP contribution in [0.15, 0.2) is 47.5 Å². The number of rotatable bonds is 2. The summed E-state index contributed by atoms with van der Waals surface area (Å²) >= 11 is 0. The van der Waals surface area contributed by atoms with Crippen molar-refractivity contribution in [1.29, 1.82) is 0 Å². The van der Waals surface area contributed by atoms with E-state index in [1.807, 2.05) is 50.2 Å². The minimum atomic E-state index is -0.914. The van der Waals surface area contributed by atoms with Gasteiger partial charge < -0.3 is 18.9 Å². The van der Waals surface area contributed by atoms with Crippen LogP contribution in [0.4, 0.5) is 0 Å². The summed E-state index contributed by atoms with van der Waals surface area (Å²) in [5.74, 6) is 2.24. The summed E-state index contributed by atoms with van der Waals surface area (Å²) in [6.07, 6.45) is 4.18. The van der Waals surface area contributed by atoms with Crippen molar-refractivity contribution in [2.24, 2.45) is 0 Å². The molecule has 4 heteroatoms. The Hall–Kier alpha value is -2.88. The normalized spacial score (nSPS) is 16.6. The lowest BCUT2D eigenvalue weighted by molar-refractivity contribution is -0.0514. The fourth-order valence-electron chi connectivity index (χ4n) is 3.34. The van der Waals surface area contributed by atoms with E-state index < -0.39 is 5.79 Å². The van der Waals surface area contributed by atoms with E-state index in [1.165, 1.54) is 0 Å². The first kappa shape index (κ1) is 15.6. The molecule has 0 aromatic heterocycles. The third-order valence-corrected chi connectivity index (χ3v) is 4.72. The minimum Gasteiger partial charge on any atom is -0.497 e. The first-order valence-electron chi connectivity index (χ1n) is 8.17. The van der Waals surface area contributed by atoms with Crippen LogP contribution < -0.4 is 18.9 Å². The van der Waals surface area contributed by atoms with Gasteiger partial charge in [-0.2, -0.15) is 0 Å². The Morgan fingerprint density at radius 3 is 1.56 bits per heavy atom. The van der Waals surface area contributed by atoms with Crippen molar-refractivity contribution in [2.45, 2.75) is 19.6 Å². The molecule has 2 aliphatic rings. The Morgan fingerprint density at radius 2 is 1.16 bits per heavy atom. The molecule has 0 bridgehead atoms. The van der Waals surface area contributed by atoms with Gasteiger partial charge in [0.25, 0.3) is 5.79 Å². The third-order valence-electron chi connectivity index (χ3n) is 4.72. The minimum absolute atomic E-state index is 0.774. The monoisotopic (exact) mass is 336 g/mol. The average Bonchev–Trinajstić information content (AvgIpc) is 2.62. The highest BCUT2D eigenvalue weighted by Gasteiger charge is 2.44. The van der Waals surface area contributed by atoms with Gasteiger partial charge in [0.15, 0.2) is 0 Å². The van der Waals surface area contributed by atoms with Crippen LogP contribution >= 0.6 is 0 Å². The largest absolute Gasteiger partial charge is 0.497 e. The van der Waals surface area contributed by atoms with E-state index in [-0.39, 0.29) is 0 Å². The first-order valence-corrected chi connectivity index (χ1v) is 8.17. The SMILES string of the molecule is COc1ccc2c(c1)C=C(C)C1(O2)Oc2ccc(OC)cc2C=C1C. The van der Waals surface area contributed by atoms with Gasteiger partial charge in [-0.15, -0.1) is 0 Å². The van der Waals surface area contributed by atoms with Gasteiger partial charge in [0, 0.05) is 22.3 Å². The van der Waals surface area contributed by atoms with Gasteiger partial charge in [-0.25, -0.2) is 0 Å². The van der Waals surface area contributed by atoms with Crippen molar-refractivity contribution >= 4 is 12.2 Å². The zero-order chi connectivity index (χ0) is 17.6. The zero-order valence-electron chi connectivity index (χ0n) is 14.8. The van der Waals surface area contributed by atoms with Gasteiger partial charge in [0.05, 0.1) is 14.2 Å². The standard InChI is InChI=1S/C21H20O4/c1-13-9-15-11-17(22-3)5-7-19(15)24-21(13)14(2)10-16-12-18(23-4)6-8-20(16)25-21/h5-12H,1-4H3. The molecule has 4 nitrogen and oxygen atoms in total. The van der Waals surface area contributed by atoms with Crippen LogP contribution in [-0.2, 0) is 0 Å². The molecule has 0 amide bonds. The fourth-order valence-corrected chi connectivity index (χ4v) is 3.34. The Bertz CT molecular complexity index is 833. The molecule has 2 aromatic rings. The molecular formula is C21H20O4. The van der Waals surface area contributed by atoms with E-state index in [0.29, 0.717) is 0 Å². The van der Waals surface area contributed by atoms with Crippen LogP contribution in [-0.4, -0.2) is 20.0 Å². The Morgan fingerprint density at radius 1 is 0.720 bits per heavy atom. The number of hydrogen-bond acceptors (Lipinski definition) is 4. The van der Waals surface area contributed by atoms with E-state index in [1.54, 1.807) is 14.2 Å². The van der Waals surface area contributed by atoms with Crippen molar-refractivity contribution < 1.29 is 18.9 Å². The van der Waals surface area contributed by atoms with Crippen LogP contribution in [0.5, 0.6) is 23.0 Å². The number of fused-ring (bicyclic) bond motifs is 2. The van der Waals surface area contributed by atoms with E-state index >= 15 is 0 Å². The summed E-state index contributed by atoms with van der Waals surface area (Å²) in [6.45, 7) is 4.04. The Balaban J connectivity index is 1.79. The lowest BCUT2D eigenvalue weighted by Crippen LogP contribution is -2.47. The van der Waals surface area contributed by atoms with Gasteiger partial charge in [-0.1, -0.05) is 0 Å². The summed E-state index contributed by atoms with van der Waals surface area (Å²) in [5, 5.41) is 0. The summed E-state index contributed by atoms with van der Waals surface area (Å²) < 4.78 is 23.3. The molecule has 0 saturated carbocycles. The van der Waals surface area contributed by atoms with Crippen molar-refractivity contribution in [3.8, 4) is 23.0 Å². The number of hydrogen-bond donors (Lipinski definition) is 0. The highest BCUT2D eigenvalue weighted by Crippen LogP contribution is 2.46. The summed E-state index contributed by atoms with van der Waals surface area (Å²) in [5.41, 5.74) is 3.95. The van der Waals surface area contributed by atoms with E-state index in [2.05, 4.69) is 12.2 Å². The smallest absolute Gasteiger partial charge is 0.297 e. The summed E-state index contributed by atoms with van der Waals surface area (Å²) in [4.78, 5) is 0. The van der Waals surface area contributed by atoms with E-state index in [0.717, 1.165) is 45.3 Å². The molecule has 0 N–H and O–H groups in total. The van der Waals surface area contributed by atoms with Gasteiger partial charge in [0.1, 0.15) is 23.0 Å². The maximum Gasteiger partial charge on any atom is 0.297 e. The summed E-state index contributed by atoms with van der Waals surface area (Å²) in [7, 11) is 3.32. The topological polar surface area (TPSA) is 36.9 Å². The lowest BCUT2D eigenvalue weighted by atomic mass is 9.90. The average molecular weight is 336 g/mol. The second kappa shape index (κ2) is 5.59. The molecule has 2 aliphatic heterocycles. The van der Waals surface area contributed by atoms with Crippen LogP contribution in [0, 0.1) is 0 Å². The maximum atomic E-state index is 6.35. The molecule has 1 spiro atoms. The molecule has 0 atom stereocenters. The zero-order valence-corrected chi connectivity index (χ0v) is 14.8. The molecule has 0 aliphatic carbocycles. The number of benzene rings is 2. The molecule has 0 saturated heterocycles. The van der Waals surface area contributed by atoms with Crippen molar-refractivity contribution in [1.82, 2.24) is 0 Å². The first-order chi connectivity index (χ1) is 12.1. The van der Waals surface area contributed by atoms with Crippen LogP contribution in [0.2, 0.25) is 0 Å². The van der Waals surface area contributed by atoms with Crippen LogP contribution in [0.1, 0.15) is 25.0 Å². The van der Waals surface area contributed by atoms with Gasteiger partial charge in [-0.3, -0.25) is 0 Å². The molecule has 0 unspecified atom stereocenters. The van der Waals surface area contributed by atoms with Gasteiger partial charge in [0.2, 0.25) is 0 Å². The Kier molecular flexibility index (Phi) is 3.49. The highest BCUT2D eigenvalue weighted by atomic mass is 16.7. The fraction of sp³-hybridized carbons (Fsp3) is 0.238. The molecular weight excluding hydrogens is 316 g/mol. The van der Waals surface area contributed by atoms with E-state index in [4.69, 9.17) is 18.9 Å². The third kappa shape index (κ3) is 2.37. The number of methoxy groups -OCH3 is 2. The Labute approximate surface area is 147 Å². The van der Waals surface area contributed by atoms with Crippen LogP contribution in [0.25, 0.3) is 12.2 Å². The van der Waals surface area contributed by atoms with Gasteiger partial charge in [-0.05, 0) is 62.4 Å². The molecule has 2 aromatic carbocycles. The summed E-state index contributed by atoms with van der Waals surface area (Å²) in [6, 6.07) is 11.5. The van der Waals surface area contributed by atoms with Crippen molar-refractivity contribution in [2.75, 3.05) is 14.2 Å². The molecule has 128 valence electrons. The molecule has 0 radical (unpaired) electrons.